The zero-order valence-electron chi connectivity index (χ0n) is 15.6. The summed E-state index contributed by atoms with van der Waals surface area (Å²) < 4.78 is 1.79. The first-order valence-corrected chi connectivity index (χ1v) is 9.05. The van der Waals surface area contributed by atoms with Gasteiger partial charge in [-0.15, -0.1) is 0 Å². The van der Waals surface area contributed by atoms with E-state index in [1.54, 1.807) is 4.68 Å². The Balaban J connectivity index is 1.93. The minimum Gasteiger partial charge on any atom is -0.311 e. The van der Waals surface area contributed by atoms with Crippen molar-refractivity contribution in [1.82, 2.24) is 9.78 Å². The Kier molecular flexibility index (Phi) is 5.52. The summed E-state index contributed by atoms with van der Waals surface area (Å²) in [5.74, 6) is 1.22. The van der Waals surface area contributed by atoms with Gasteiger partial charge in [0.1, 0.15) is 5.82 Å². The Morgan fingerprint density at radius 1 is 1.08 bits per heavy atom. The summed E-state index contributed by atoms with van der Waals surface area (Å²) >= 11 is 0. The third kappa shape index (κ3) is 4.39. The second-order valence-corrected chi connectivity index (χ2v) is 7.01. The van der Waals surface area contributed by atoms with Crippen LogP contribution in [0.1, 0.15) is 32.3 Å². The summed E-state index contributed by atoms with van der Waals surface area (Å²) in [4.78, 5) is 12.3. The summed E-state index contributed by atoms with van der Waals surface area (Å²) in [5, 5.41) is 7.76. The number of aromatic nitrogens is 2. The number of para-hydroxylation sites is 1. The fraction of sp³-hybridized carbons (Fsp3) is 0.273. The monoisotopic (exact) mass is 347 g/mol. The lowest BCUT2D eigenvalue weighted by molar-refractivity contribution is -0.116. The van der Waals surface area contributed by atoms with Crippen LogP contribution >= 0.6 is 0 Å². The molecule has 3 aromatic rings. The summed E-state index contributed by atoms with van der Waals surface area (Å²) in [5.41, 5.74) is 4.00. The maximum Gasteiger partial charge on any atom is 0.225 e. The van der Waals surface area contributed by atoms with Crippen molar-refractivity contribution in [1.29, 1.82) is 0 Å². The highest BCUT2D eigenvalue weighted by molar-refractivity contribution is 5.90. The van der Waals surface area contributed by atoms with E-state index >= 15 is 0 Å². The average Bonchev–Trinajstić information content (AvgIpc) is 3.05. The van der Waals surface area contributed by atoms with E-state index < -0.39 is 0 Å². The Morgan fingerprint density at radius 3 is 2.42 bits per heavy atom. The van der Waals surface area contributed by atoms with Crippen LogP contribution in [0.2, 0.25) is 0 Å². The number of hydrogen-bond donors (Lipinski definition) is 1. The molecule has 0 unspecified atom stereocenters. The number of rotatable bonds is 6. The highest BCUT2D eigenvalue weighted by Crippen LogP contribution is 2.25. The van der Waals surface area contributed by atoms with Gasteiger partial charge < -0.3 is 5.32 Å². The minimum absolute atomic E-state index is 0.0197. The summed E-state index contributed by atoms with van der Waals surface area (Å²) in [7, 11) is 0. The van der Waals surface area contributed by atoms with Gasteiger partial charge in [-0.3, -0.25) is 4.79 Å². The van der Waals surface area contributed by atoms with E-state index in [0.29, 0.717) is 18.2 Å². The summed E-state index contributed by atoms with van der Waals surface area (Å²) in [6, 6.07) is 20.0. The molecule has 0 radical (unpaired) electrons. The largest absolute Gasteiger partial charge is 0.311 e. The van der Waals surface area contributed by atoms with Gasteiger partial charge in [0.25, 0.3) is 0 Å². The second kappa shape index (κ2) is 8.00. The van der Waals surface area contributed by atoms with Gasteiger partial charge in [-0.2, -0.15) is 5.10 Å². The van der Waals surface area contributed by atoms with Crippen LogP contribution < -0.4 is 5.32 Å². The van der Waals surface area contributed by atoms with Crippen molar-refractivity contribution in [2.75, 3.05) is 5.32 Å². The van der Waals surface area contributed by atoms with Crippen LogP contribution in [0.3, 0.4) is 0 Å². The van der Waals surface area contributed by atoms with E-state index in [-0.39, 0.29) is 5.91 Å². The minimum atomic E-state index is 0.0197. The van der Waals surface area contributed by atoms with Crippen LogP contribution in [0, 0.1) is 12.8 Å². The zero-order valence-corrected chi connectivity index (χ0v) is 15.6. The van der Waals surface area contributed by atoms with E-state index in [9.17, 15) is 4.79 Å². The summed E-state index contributed by atoms with van der Waals surface area (Å²) in [6.45, 7) is 6.31. The van der Waals surface area contributed by atoms with E-state index in [0.717, 1.165) is 23.4 Å². The number of carbonyl (C=O) groups excluding carboxylic acids is 1. The first kappa shape index (κ1) is 17.9. The van der Waals surface area contributed by atoms with Crippen molar-refractivity contribution >= 4 is 11.7 Å². The molecular formula is C22H25N3O. The van der Waals surface area contributed by atoms with Gasteiger partial charge in [0.05, 0.1) is 11.4 Å². The van der Waals surface area contributed by atoms with Gasteiger partial charge in [0, 0.05) is 18.1 Å². The molecule has 1 amide bonds. The van der Waals surface area contributed by atoms with E-state index in [1.807, 2.05) is 36.4 Å². The molecule has 0 fully saturated rings. The molecule has 0 aliphatic heterocycles. The topological polar surface area (TPSA) is 46.9 Å². The van der Waals surface area contributed by atoms with Crippen molar-refractivity contribution < 1.29 is 4.79 Å². The Labute approximate surface area is 154 Å². The lowest BCUT2D eigenvalue weighted by Crippen LogP contribution is -2.15. The Hall–Kier alpha value is -2.88. The zero-order chi connectivity index (χ0) is 18.5. The molecule has 0 spiro atoms. The highest BCUT2D eigenvalue weighted by Gasteiger charge is 2.14. The van der Waals surface area contributed by atoms with Gasteiger partial charge in [-0.1, -0.05) is 61.9 Å². The molecule has 0 aliphatic rings. The molecule has 0 aliphatic carbocycles. The van der Waals surface area contributed by atoms with E-state index in [1.165, 1.54) is 5.56 Å². The van der Waals surface area contributed by atoms with Gasteiger partial charge in [0.15, 0.2) is 0 Å². The Bertz CT molecular complexity index is 864. The number of anilines is 1. The number of nitrogens with zero attached hydrogens (tertiary/aromatic N) is 2. The lowest BCUT2D eigenvalue weighted by atomic mass is 10.1. The van der Waals surface area contributed by atoms with E-state index in [2.05, 4.69) is 50.4 Å². The van der Waals surface area contributed by atoms with Crippen molar-refractivity contribution in [3.8, 4) is 16.9 Å². The third-order valence-corrected chi connectivity index (χ3v) is 4.27. The van der Waals surface area contributed by atoms with Crippen LogP contribution in [0.15, 0.2) is 60.7 Å². The SMILES string of the molecule is Cc1ccc(-c2cc(NC(=O)CCC(C)C)n(-c3ccccc3)n2)cc1. The maximum atomic E-state index is 12.3. The smallest absolute Gasteiger partial charge is 0.225 e. The fourth-order valence-electron chi connectivity index (χ4n) is 2.73. The molecule has 4 nitrogen and oxygen atoms in total. The second-order valence-electron chi connectivity index (χ2n) is 7.01. The molecule has 0 atom stereocenters. The number of hydrogen-bond acceptors (Lipinski definition) is 2. The standard InChI is InChI=1S/C22H25N3O/c1-16(2)9-14-22(26)23-21-15-20(18-12-10-17(3)11-13-18)24-25(21)19-7-5-4-6-8-19/h4-8,10-13,15-16H,9,14H2,1-3H3,(H,23,26). The molecule has 4 heteroatoms. The molecule has 1 N–H and O–H groups in total. The number of aryl methyl sites for hydroxylation is 1. The van der Waals surface area contributed by atoms with Crippen LogP contribution in [-0.2, 0) is 4.79 Å². The highest BCUT2D eigenvalue weighted by atomic mass is 16.1. The van der Waals surface area contributed by atoms with Crippen LogP contribution in [0.25, 0.3) is 16.9 Å². The third-order valence-electron chi connectivity index (χ3n) is 4.27. The molecule has 2 aromatic carbocycles. The van der Waals surface area contributed by atoms with Gasteiger partial charge in [-0.25, -0.2) is 4.68 Å². The number of amides is 1. The molecule has 1 heterocycles. The molecular weight excluding hydrogens is 322 g/mol. The van der Waals surface area contributed by atoms with Gasteiger partial charge in [-0.05, 0) is 31.4 Å². The molecule has 0 saturated carbocycles. The van der Waals surface area contributed by atoms with Crippen molar-refractivity contribution in [2.45, 2.75) is 33.6 Å². The van der Waals surface area contributed by atoms with Crippen LogP contribution in [-0.4, -0.2) is 15.7 Å². The quantitative estimate of drug-likeness (QED) is 0.664. The molecule has 0 saturated heterocycles. The number of nitrogens with one attached hydrogen (secondary N) is 1. The predicted molar refractivity (Wildman–Crippen MR) is 106 cm³/mol. The van der Waals surface area contributed by atoms with Gasteiger partial charge in [0.2, 0.25) is 5.91 Å². The maximum absolute atomic E-state index is 12.3. The molecule has 0 bridgehead atoms. The van der Waals surface area contributed by atoms with Crippen molar-refractivity contribution in [3.05, 3.63) is 66.2 Å². The number of benzene rings is 2. The van der Waals surface area contributed by atoms with Crippen molar-refractivity contribution in [3.63, 3.8) is 0 Å². The molecule has 134 valence electrons. The predicted octanol–water partition coefficient (Wildman–Crippen LogP) is 5.22. The number of carbonyl (C=O) groups is 1. The summed E-state index contributed by atoms with van der Waals surface area (Å²) in [6.07, 6.45) is 1.38. The normalized spacial score (nSPS) is 10.9. The molecule has 1 aromatic heterocycles. The average molecular weight is 347 g/mol. The molecule has 3 rings (SSSR count). The Morgan fingerprint density at radius 2 is 1.77 bits per heavy atom. The first-order valence-electron chi connectivity index (χ1n) is 9.05. The van der Waals surface area contributed by atoms with Crippen LogP contribution in [0.4, 0.5) is 5.82 Å². The van der Waals surface area contributed by atoms with E-state index in [4.69, 9.17) is 5.10 Å². The van der Waals surface area contributed by atoms with Gasteiger partial charge >= 0.3 is 0 Å². The van der Waals surface area contributed by atoms with Crippen molar-refractivity contribution in [2.24, 2.45) is 5.92 Å². The first-order chi connectivity index (χ1) is 12.5. The fourth-order valence-corrected chi connectivity index (χ4v) is 2.73. The lowest BCUT2D eigenvalue weighted by Gasteiger charge is -2.09. The molecule has 26 heavy (non-hydrogen) atoms. The van der Waals surface area contributed by atoms with Crippen LogP contribution in [0.5, 0.6) is 0 Å².